The van der Waals surface area contributed by atoms with Crippen molar-refractivity contribution in [3.63, 3.8) is 0 Å². The molecule has 8 heteroatoms. The van der Waals surface area contributed by atoms with E-state index in [9.17, 15) is 19.2 Å². The lowest BCUT2D eigenvalue weighted by Gasteiger charge is -2.06. The molecule has 0 saturated carbocycles. The summed E-state index contributed by atoms with van der Waals surface area (Å²) in [5, 5.41) is 2.68. The van der Waals surface area contributed by atoms with E-state index in [-0.39, 0.29) is 23.8 Å². The minimum Gasteiger partial charge on any atom is -0.462 e. The number of aromatic amines is 1. The number of aromatic nitrogens is 1. The van der Waals surface area contributed by atoms with Crippen molar-refractivity contribution in [2.45, 2.75) is 34.1 Å². The minimum atomic E-state index is -0.735. The maximum atomic E-state index is 12.4. The third-order valence-electron chi connectivity index (χ3n) is 4.27. The molecule has 0 aliphatic rings. The second kappa shape index (κ2) is 9.68. The van der Waals surface area contributed by atoms with E-state index in [1.807, 2.05) is 0 Å². The Bertz CT molecular complexity index is 927. The Kier molecular flexibility index (Phi) is 7.30. The molecule has 8 nitrogen and oxygen atoms in total. The van der Waals surface area contributed by atoms with E-state index in [4.69, 9.17) is 9.47 Å². The number of amides is 1. The van der Waals surface area contributed by atoms with Gasteiger partial charge in [-0.2, -0.15) is 0 Å². The molecule has 0 unspecified atom stereocenters. The van der Waals surface area contributed by atoms with Crippen molar-refractivity contribution < 1.29 is 28.7 Å². The number of aryl methyl sites for hydroxylation is 1. The van der Waals surface area contributed by atoms with Crippen LogP contribution in [0.1, 0.15) is 62.7 Å². The second-order valence-corrected chi connectivity index (χ2v) is 6.32. The van der Waals surface area contributed by atoms with Crippen LogP contribution in [0.3, 0.4) is 0 Å². The fourth-order valence-electron chi connectivity index (χ4n) is 2.74. The molecular weight excluding hydrogens is 376 g/mol. The van der Waals surface area contributed by atoms with Crippen LogP contribution >= 0.6 is 0 Å². The molecule has 0 radical (unpaired) electrons. The summed E-state index contributed by atoms with van der Waals surface area (Å²) in [6, 6.07) is 6.30. The Labute approximate surface area is 168 Å². The lowest BCUT2D eigenvalue weighted by atomic mass is 10.1. The first-order valence-corrected chi connectivity index (χ1v) is 9.24. The lowest BCUT2D eigenvalue weighted by molar-refractivity contribution is -0.115. The third kappa shape index (κ3) is 5.31. The van der Waals surface area contributed by atoms with E-state index in [0.29, 0.717) is 28.9 Å². The van der Waals surface area contributed by atoms with E-state index in [1.54, 1.807) is 52.0 Å². The molecule has 0 aliphatic carbocycles. The summed E-state index contributed by atoms with van der Waals surface area (Å²) in [7, 11) is 0. The summed E-state index contributed by atoms with van der Waals surface area (Å²) >= 11 is 0. The Balaban J connectivity index is 2.02. The monoisotopic (exact) mass is 400 g/mol. The quantitative estimate of drug-likeness (QED) is 0.519. The zero-order chi connectivity index (χ0) is 21.6. The van der Waals surface area contributed by atoms with Crippen molar-refractivity contribution in [1.29, 1.82) is 0 Å². The molecular formula is C21H24N2O6. The fraction of sp³-hybridized carbons (Fsp3) is 0.333. The molecule has 0 saturated heterocycles. The van der Waals surface area contributed by atoms with Gasteiger partial charge in [0.05, 0.1) is 12.2 Å². The molecule has 0 fully saturated rings. The summed E-state index contributed by atoms with van der Waals surface area (Å²) in [5.41, 5.74) is 2.22. The van der Waals surface area contributed by atoms with Gasteiger partial charge in [-0.25, -0.2) is 9.59 Å². The fourth-order valence-corrected chi connectivity index (χ4v) is 2.74. The normalized spacial score (nSPS) is 10.3. The summed E-state index contributed by atoms with van der Waals surface area (Å²) in [6.07, 6.45) is 0.353. The van der Waals surface area contributed by atoms with E-state index >= 15 is 0 Å². The Morgan fingerprint density at radius 2 is 1.62 bits per heavy atom. The van der Waals surface area contributed by atoms with Gasteiger partial charge < -0.3 is 19.8 Å². The van der Waals surface area contributed by atoms with E-state index in [0.717, 1.165) is 0 Å². The number of carbonyl (C=O) groups is 4. The first-order valence-electron chi connectivity index (χ1n) is 9.24. The van der Waals surface area contributed by atoms with Gasteiger partial charge in [0.25, 0.3) is 0 Å². The van der Waals surface area contributed by atoms with Crippen LogP contribution in [0.25, 0.3) is 0 Å². The summed E-state index contributed by atoms with van der Waals surface area (Å²) in [6.45, 7) is 6.46. The number of esters is 2. The highest BCUT2D eigenvalue weighted by molar-refractivity contribution is 6.01. The highest BCUT2D eigenvalue weighted by atomic mass is 16.5. The van der Waals surface area contributed by atoms with Crippen molar-refractivity contribution in [3.05, 3.63) is 52.3 Å². The number of nitrogens with one attached hydrogen (secondary N) is 2. The average Bonchev–Trinajstić information content (AvgIpc) is 3.00. The van der Waals surface area contributed by atoms with Crippen LogP contribution in [-0.2, 0) is 14.3 Å². The summed E-state index contributed by atoms with van der Waals surface area (Å²) in [5.74, 6) is -1.78. The standard InChI is InChI=1S/C21H24N2O6/c1-5-17(25)23-15-9-7-14(8-10-15)16(24)11-29-21(27)19-12(3)18(13(4)22-19)20(26)28-6-2/h7-10,22H,5-6,11H2,1-4H3,(H,23,25). The number of Topliss-reactive ketones (excluding diaryl/α,β-unsaturated/α-hetero) is 1. The van der Waals surface area contributed by atoms with Gasteiger partial charge in [0.2, 0.25) is 5.91 Å². The average molecular weight is 400 g/mol. The molecule has 2 rings (SSSR count). The number of ether oxygens (including phenoxy) is 2. The topological polar surface area (TPSA) is 115 Å². The Hall–Kier alpha value is -3.42. The number of hydrogen-bond donors (Lipinski definition) is 2. The maximum Gasteiger partial charge on any atom is 0.355 e. The Morgan fingerprint density at radius 1 is 0.966 bits per heavy atom. The molecule has 29 heavy (non-hydrogen) atoms. The van der Waals surface area contributed by atoms with Gasteiger partial charge in [-0.1, -0.05) is 6.92 Å². The smallest absolute Gasteiger partial charge is 0.355 e. The van der Waals surface area contributed by atoms with Gasteiger partial charge >= 0.3 is 11.9 Å². The lowest BCUT2D eigenvalue weighted by Crippen LogP contribution is -2.16. The SMILES string of the molecule is CCOC(=O)c1c(C)[nH]c(C(=O)OCC(=O)c2ccc(NC(=O)CC)cc2)c1C. The van der Waals surface area contributed by atoms with Gasteiger partial charge in [0.15, 0.2) is 12.4 Å². The van der Waals surface area contributed by atoms with Crippen LogP contribution in [0.5, 0.6) is 0 Å². The van der Waals surface area contributed by atoms with Crippen molar-refractivity contribution in [2.24, 2.45) is 0 Å². The maximum absolute atomic E-state index is 12.4. The minimum absolute atomic E-state index is 0.107. The molecule has 154 valence electrons. The van der Waals surface area contributed by atoms with Gasteiger partial charge in [0, 0.05) is 23.4 Å². The van der Waals surface area contributed by atoms with Crippen LogP contribution in [-0.4, -0.2) is 41.8 Å². The zero-order valence-electron chi connectivity index (χ0n) is 16.9. The number of benzene rings is 1. The number of H-pyrrole nitrogens is 1. The largest absolute Gasteiger partial charge is 0.462 e. The van der Waals surface area contributed by atoms with E-state index < -0.39 is 24.3 Å². The molecule has 1 aromatic carbocycles. The van der Waals surface area contributed by atoms with E-state index in [1.165, 1.54) is 0 Å². The van der Waals surface area contributed by atoms with Gasteiger partial charge in [-0.15, -0.1) is 0 Å². The molecule has 1 heterocycles. The highest BCUT2D eigenvalue weighted by Gasteiger charge is 2.24. The molecule has 0 bridgehead atoms. The predicted molar refractivity (Wildman–Crippen MR) is 106 cm³/mol. The summed E-state index contributed by atoms with van der Waals surface area (Å²) in [4.78, 5) is 50.8. The van der Waals surface area contributed by atoms with Crippen molar-refractivity contribution in [3.8, 4) is 0 Å². The number of carbonyl (C=O) groups excluding carboxylic acids is 4. The molecule has 2 aromatic rings. The van der Waals surface area contributed by atoms with Crippen LogP contribution < -0.4 is 5.32 Å². The van der Waals surface area contributed by atoms with Gasteiger partial charge in [-0.05, 0) is 50.6 Å². The second-order valence-electron chi connectivity index (χ2n) is 6.32. The Morgan fingerprint density at radius 3 is 2.21 bits per heavy atom. The molecule has 1 aromatic heterocycles. The molecule has 0 aliphatic heterocycles. The number of ketones is 1. The van der Waals surface area contributed by atoms with Gasteiger partial charge in [-0.3, -0.25) is 9.59 Å². The first-order chi connectivity index (χ1) is 13.8. The third-order valence-corrected chi connectivity index (χ3v) is 4.27. The molecule has 1 amide bonds. The number of hydrogen-bond acceptors (Lipinski definition) is 6. The predicted octanol–water partition coefficient (Wildman–Crippen LogP) is 3.20. The van der Waals surface area contributed by atoms with Crippen molar-refractivity contribution in [1.82, 2.24) is 4.98 Å². The van der Waals surface area contributed by atoms with E-state index in [2.05, 4.69) is 10.3 Å². The van der Waals surface area contributed by atoms with Crippen molar-refractivity contribution in [2.75, 3.05) is 18.5 Å². The first kappa shape index (κ1) is 21.9. The van der Waals surface area contributed by atoms with Crippen LogP contribution in [0.15, 0.2) is 24.3 Å². The molecule has 0 spiro atoms. The van der Waals surface area contributed by atoms with Crippen LogP contribution in [0, 0.1) is 13.8 Å². The van der Waals surface area contributed by atoms with Gasteiger partial charge in [0.1, 0.15) is 5.69 Å². The highest BCUT2D eigenvalue weighted by Crippen LogP contribution is 2.20. The zero-order valence-corrected chi connectivity index (χ0v) is 16.9. The number of anilines is 1. The molecule has 0 atom stereocenters. The van der Waals surface area contributed by atoms with Crippen molar-refractivity contribution >= 4 is 29.3 Å². The molecule has 2 N–H and O–H groups in total. The van der Waals surface area contributed by atoms with Crippen LogP contribution in [0.2, 0.25) is 0 Å². The summed E-state index contributed by atoms with van der Waals surface area (Å²) < 4.78 is 10.1. The van der Waals surface area contributed by atoms with Crippen LogP contribution in [0.4, 0.5) is 5.69 Å². The number of rotatable bonds is 8.